The lowest BCUT2D eigenvalue weighted by atomic mass is 9.80. The number of amides is 1. The SMILES string of the molecule is CCO[C@@H]1OC(C(=O)Nc2ccccc2N)=C[C@H](c2ccccc2)[C@@H]1CCCO. The predicted octanol–water partition coefficient (Wildman–Crippen LogP) is 3.66. The number of para-hydroxylation sites is 2. The Morgan fingerprint density at radius 1 is 1.17 bits per heavy atom. The molecule has 1 amide bonds. The molecule has 154 valence electrons. The van der Waals surface area contributed by atoms with Gasteiger partial charge in [-0.25, -0.2) is 0 Å². The summed E-state index contributed by atoms with van der Waals surface area (Å²) in [6.07, 6.45) is 2.63. The van der Waals surface area contributed by atoms with Crippen LogP contribution in [0.1, 0.15) is 31.2 Å². The van der Waals surface area contributed by atoms with Crippen LogP contribution in [-0.4, -0.2) is 30.5 Å². The Balaban J connectivity index is 1.92. The van der Waals surface area contributed by atoms with Gasteiger partial charge in [-0.15, -0.1) is 0 Å². The molecule has 0 aliphatic carbocycles. The summed E-state index contributed by atoms with van der Waals surface area (Å²) < 4.78 is 11.8. The first-order valence-electron chi connectivity index (χ1n) is 9.95. The Kier molecular flexibility index (Phi) is 7.27. The van der Waals surface area contributed by atoms with Crippen LogP contribution in [0.5, 0.6) is 0 Å². The summed E-state index contributed by atoms with van der Waals surface area (Å²) in [6.45, 7) is 2.45. The Labute approximate surface area is 171 Å². The third-order valence-corrected chi connectivity index (χ3v) is 5.03. The minimum Gasteiger partial charge on any atom is -0.459 e. The number of carbonyl (C=O) groups is 1. The van der Waals surface area contributed by atoms with Gasteiger partial charge in [0.1, 0.15) is 0 Å². The molecule has 0 bridgehead atoms. The number of nitrogens with one attached hydrogen (secondary N) is 1. The predicted molar refractivity (Wildman–Crippen MR) is 113 cm³/mol. The zero-order valence-corrected chi connectivity index (χ0v) is 16.6. The fourth-order valence-electron chi connectivity index (χ4n) is 3.61. The maximum atomic E-state index is 12.9. The summed E-state index contributed by atoms with van der Waals surface area (Å²) in [6, 6.07) is 17.1. The van der Waals surface area contributed by atoms with Gasteiger partial charge in [0.25, 0.3) is 5.91 Å². The molecule has 29 heavy (non-hydrogen) atoms. The lowest BCUT2D eigenvalue weighted by Gasteiger charge is -2.37. The van der Waals surface area contributed by atoms with Crippen LogP contribution in [0.25, 0.3) is 0 Å². The average Bonchev–Trinajstić information content (AvgIpc) is 2.74. The summed E-state index contributed by atoms with van der Waals surface area (Å²) in [7, 11) is 0. The molecule has 3 rings (SSSR count). The molecule has 0 radical (unpaired) electrons. The van der Waals surface area contributed by atoms with E-state index in [1.165, 1.54) is 0 Å². The van der Waals surface area contributed by atoms with Crippen molar-refractivity contribution in [3.63, 3.8) is 0 Å². The number of carbonyl (C=O) groups excluding carboxylic acids is 1. The van der Waals surface area contributed by atoms with Crippen molar-refractivity contribution in [3.8, 4) is 0 Å². The van der Waals surface area contributed by atoms with E-state index >= 15 is 0 Å². The number of aliphatic hydroxyl groups excluding tert-OH is 1. The van der Waals surface area contributed by atoms with Crippen molar-refractivity contribution in [2.45, 2.75) is 32.0 Å². The monoisotopic (exact) mass is 396 g/mol. The van der Waals surface area contributed by atoms with Crippen molar-refractivity contribution < 1.29 is 19.4 Å². The number of benzene rings is 2. The van der Waals surface area contributed by atoms with Gasteiger partial charge in [-0.05, 0) is 43.5 Å². The third-order valence-electron chi connectivity index (χ3n) is 5.03. The number of allylic oxidation sites excluding steroid dienone is 1. The van der Waals surface area contributed by atoms with Gasteiger partial charge in [-0.2, -0.15) is 0 Å². The third kappa shape index (κ3) is 5.16. The van der Waals surface area contributed by atoms with Crippen molar-refractivity contribution in [3.05, 3.63) is 72.0 Å². The summed E-state index contributed by atoms with van der Waals surface area (Å²) in [5.74, 6) is -0.236. The van der Waals surface area contributed by atoms with E-state index in [-0.39, 0.29) is 30.1 Å². The number of ether oxygens (including phenoxy) is 2. The number of hydrogen-bond donors (Lipinski definition) is 3. The molecule has 1 heterocycles. The lowest BCUT2D eigenvalue weighted by molar-refractivity contribution is -0.165. The normalized spacial score (nSPS) is 21.2. The van der Waals surface area contributed by atoms with Gasteiger partial charge >= 0.3 is 0 Å². The maximum absolute atomic E-state index is 12.9. The van der Waals surface area contributed by atoms with Crippen LogP contribution in [-0.2, 0) is 14.3 Å². The van der Waals surface area contributed by atoms with Crippen LogP contribution in [0, 0.1) is 5.92 Å². The zero-order valence-electron chi connectivity index (χ0n) is 16.6. The van der Waals surface area contributed by atoms with Gasteiger partial charge in [0, 0.05) is 25.0 Å². The summed E-state index contributed by atoms with van der Waals surface area (Å²) in [5.41, 5.74) is 8.04. The second kappa shape index (κ2) is 10.1. The van der Waals surface area contributed by atoms with Crippen LogP contribution in [0.15, 0.2) is 66.4 Å². The van der Waals surface area contributed by atoms with Crippen LogP contribution in [0.3, 0.4) is 0 Å². The first kappa shape index (κ1) is 20.9. The Hall–Kier alpha value is -2.83. The Morgan fingerprint density at radius 2 is 1.90 bits per heavy atom. The van der Waals surface area contributed by atoms with Crippen LogP contribution in [0.2, 0.25) is 0 Å². The molecular weight excluding hydrogens is 368 g/mol. The van der Waals surface area contributed by atoms with Gasteiger partial charge < -0.3 is 25.6 Å². The zero-order chi connectivity index (χ0) is 20.6. The first-order valence-corrected chi connectivity index (χ1v) is 9.95. The van der Waals surface area contributed by atoms with Crippen LogP contribution >= 0.6 is 0 Å². The molecule has 0 spiro atoms. The van der Waals surface area contributed by atoms with E-state index in [9.17, 15) is 9.90 Å². The van der Waals surface area contributed by atoms with E-state index in [1.807, 2.05) is 55.5 Å². The van der Waals surface area contributed by atoms with Crippen molar-refractivity contribution in [2.24, 2.45) is 5.92 Å². The second-order valence-electron chi connectivity index (χ2n) is 6.98. The Bertz CT molecular complexity index is 838. The minimum atomic E-state index is -0.573. The van der Waals surface area contributed by atoms with Gasteiger partial charge in [-0.1, -0.05) is 42.5 Å². The quantitative estimate of drug-likeness (QED) is 0.592. The first-order chi connectivity index (χ1) is 14.1. The smallest absolute Gasteiger partial charge is 0.290 e. The molecule has 0 saturated carbocycles. The number of nitrogens with two attached hydrogens (primary N) is 1. The van der Waals surface area contributed by atoms with Crippen molar-refractivity contribution in [1.82, 2.24) is 0 Å². The average molecular weight is 396 g/mol. The number of nitrogen functional groups attached to an aromatic ring is 1. The highest BCUT2D eigenvalue weighted by molar-refractivity contribution is 6.04. The molecule has 0 fully saturated rings. The van der Waals surface area contributed by atoms with Gasteiger partial charge in [0.05, 0.1) is 11.4 Å². The van der Waals surface area contributed by atoms with Gasteiger partial charge in [0.15, 0.2) is 5.76 Å². The van der Waals surface area contributed by atoms with E-state index in [1.54, 1.807) is 12.1 Å². The fraction of sp³-hybridized carbons (Fsp3) is 0.348. The maximum Gasteiger partial charge on any atom is 0.290 e. The summed E-state index contributed by atoms with van der Waals surface area (Å²) in [5, 5.41) is 12.1. The van der Waals surface area contributed by atoms with E-state index in [4.69, 9.17) is 15.2 Å². The topological polar surface area (TPSA) is 93.8 Å². The largest absolute Gasteiger partial charge is 0.459 e. The highest BCUT2D eigenvalue weighted by Gasteiger charge is 2.37. The number of aliphatic hydroxyl groups is 1. The second-order valence-corrected chi connectivity index (χ2v) is 6.98. The van der Waals surface area contributed by atoms with Gasteiger partial charge in [-0.3, -0.25) is 4.79 Å². The molecule has 6 nitrogen and oxygen atoms in total. The Morgan fingerprint density at radius 3 is 2.59 bits per heavy atom. The molecular formula is C23H28N2O4. The highest BCUT2D eigenvalue weighted by atomic mass is 16.7. The minimum absolute atomic E-state index is 0.0113. The molecule has 0 aromatic heterocycles. The van der Waals surface area contributed by atoms with Crippen molar-refractivity contribution in [1.29, 1.82) is 0 Å². The molecule has 6 heteroatoms. The molecule has 2 aromatic rings. The number of anilines is 2. The summed E-state index contributed by atoms with van der Waals surface area (Å²) in [4.78, 5) is 12.9. The van der Waals surface area contributed by atoms with E-state index in [0.29, 0.717) is 24.4 Å². The lowest BCUT2D eigenvalue weighted by Crippen LogP contribution is -2.37. The molecule has 0 saturated heterocycles. The number of hydrogen-bond acceptors (Lipinski definition) is 5. The molecule has 1 aliphatic heterocycles. The summed E-state index contributed by atoms with van der Waals surface area (Å²) >= 11 is 0. The highest BCUT2D eigenvalue weighted by Crippen LogP contribution is 2.39. The van der Waals surface area contributed by atoms with Crippen LogP contribution < -0.4 is 11.1 Å². The van der Waals surface area contributed by atoms with E-state index < -0.39 is 6.29 Å². The van der Waals surface area contributed by atoms with E-state index in [0.717, 1.165) is 12.0 Å². The van der Waals surface area contributed by atoms with Crippen molar-refractivity contribution >= 4 is 17.3 Å². The fourth-order valence-corrected chi connectivity index (χ4v) is 3.61. The molecule has 0 unspecified atom stereocenters. The van der Waals surface area contributed by atoms with E-state index in [2.05, 4.69) is 5.32 Å². The van der Waals surface area contributed by atoms with Crippen LogP contribution in [0.4, 0.5) is 11.4 Å². The molecule has 1 aliphatic rings. The van der Waals surface area contributed by atoms with Gasteiger partial charge in [0.2, 0.25) is 6.29 Å². The number of rotatable bonds is 8. The standard InChI is InChI=1S/C23H28N2O4/c1-2-28-23-17(11-8-14-26)18(16-9-4-3-5-10-16)15-21(29-23)22(27)25-20-13-7-6-12-19(20)24/h3-7,9-10,12-13,15,17-18,23,26H,2,8,11,14,24H2,1H3,(H,25,27)/t17-,18+,23+/m0/s1. The molecule has 4 N–H and O–H groups in total. The molecule has 3 atom stereocenters. The molecule has 2 aromatic carbocycles. The van der Waals surface area contributed by atoms with Crippen molar-refractivity contribution in [2.75, 3.05) is 24.3 Å².